The van der Waals surface area contributed by atoms with E-state index in [1.54, 1.807) is 0 Å². The van der Waals surface area contributed by atoms with Crippen molar-refractivity contribution in [2.45, 2.75) is 64.7 Å². The van der Waals surface area contributed by atoms with Crippen molar-refractivity contribution < 1.29 is 14.3 Å². The molecule has 1 aromatic rings. The van der Waals surface area contributed by atoms with Crippen LogP contribution in [0, 0.1) is 5.92 Å². The molecule has 2 amide bonds. The Morgan fingerprint density at radius 1 is 1.08 bits per heavy atom. The van der Waals surface area contributed by atoms with Crippen molar-refractivity contribution in [3.05, 3.63) is 35.4 Å². The maximum Gasteiger partial charge on any atom is 0.254 e. The van der Waals surface area contributed by atoms with E-state index in [1.807, 2.05) is 43.0 Å². The predicted molar refractivity (Wildman–Crippen MR) is 101 cm³/mol. The van der Waals surface area contributed by atoms with Crippen LogP contribution in [0.4, 0.5) is 0 Å². The molecule has 2 aliphatic rings. The minimum atomic E-state index is 0.0452. The Morgan fingerprint density at radius 2 is 1.69 bits per heavy atom. The number of hydrogen-bond acceptors (Lipinski definition) is 3. The van der Waals surface area contributed by atoms with Gasteiger partial charge in [-0.2, -0.15) is 0 Å². The lowest BCUT2D eigenvalue weighted by Crippen LogP contribution is -2.48. The van der Waals surface area contributed by atoms with Gasteiger partial charge in [-0.05, 0) is 50.3 Å². The first-order valence-corrected chi connectivity index (χ1v) is 9.81. The first kappa shape index (κ1) is 18.9. The number of ether oxygens (including phenoxy) is 1. The largest absolute Gasteiger partial charge is 0.372 e. The third kappa shape index (κ3) is 5.07. The van der Waals surface area contributed by atoms with Crippen molar-refractivity contribution in [3.8, 4) is 0 Å². The summed E-state index contributed by atoms with van der Waals surface area (Å²) in [5, 5.41) is 3.00. The van der Waals surface area contributed by atoms with Crippen molar-refractivity contribution >= 4 is 11.8 Å². The van der Waals surface area contributed by atoms with Gasteiger partial charge in [-0.3, -0.25) is 9.59 Å². The van der Waals surface area contributed by atoms with Gasteiger partial charge in [0.25, 0.3) is 5.91 Å². The number of hydrogen-bond donors (Lipinski definition) is 1. The Hall–Kier alpha value is -1.88. The smallest absolute Gasteiger partial charge is 0.254 e. The SMILES string of the molecule is C[C@H]1CN(C(=O)c2ccc(CNC(=O)CC3CCCC3)cc2)C[C@H](C)O1. The van der Waals surface area contributed by atoms with Gasteiger partial charge in [0.15, 0.2) is 0 Å². The minimum absolute atomic E-state index is 0.0452. The van der Waals surface area contributed by atoms with E-state index in [-0.39, 0.29) is 24.0 Å². The zero-order chi connectivity index (χ0) is 18.5. The molecule has 0 aromatic heterocycles. The Labute approximate surface area is 156 Å². The summed E-state index contributed by atoms with van der Waals surface area (Å²) in [6.07, 6.45) is 5.66. The predicted octanol–water partition coefficient (Wildman–Crippen LogP) is 3.13. The fraction of sp³-hybridized carbons (Fsp3) is 0.619. The molecular formula is C21H30N2O3. The van der Waals surface area contributed by atoms with Crippen LogP contribution in [0.5, 0.6) is 0 Å². The van der Waals surface area contributed by atoms with E-state index >= 15 is 0 Å². The van der Waals surface area contributed by atoms with E-state index in [2.05, 4.69) is 5.32 Å². The third-order valence-electron chi connectivity index (χ3n) is 5.35. The average molecular weight is 358 g/mol. The standard InChI is InChI=1S/C21H30N2O3/c1-15-13-23(14-16(2)26-15)21(25)19-9-7-18(8-10-19)12-22-20(24)11-17-5-3-4-6-17/h7-10,15-17H,3-6,11-14H2,1-2H3,(H,22,24)/t15-,16-/m0/s1. The first-order chi connectivity index (χ1) is 12.5. The zero-order valence-electron chi connectivity index (χ0n) is 15.9. The molecule has 1 saturated heterocycles. The number of rotatable bonds is 5. The summed E-state index contributed by atoms with van der Waals surface area (Å²) in [6, 6.07) is 7.56. The van der Waals surface area contributed by atoms with Crippen LogP contribution in [0.3, 0.4) is 0 Å². The Kier molecular flexibility index (Phi) is 6.30. The van der Waals surface area contributed by atoms with Crippen molar-refractivity contribution in [1.29, 1.82) is 0 Å². The normalized spacial score (nSPS) is 23.8. The lowest BCUT2D eigenvalue weighted by molar-refractivity contribution is -0.122. The van der Waals surface area contributed by atoms with Crippen molar-refractivity contribution in [3.63, 3.8) is 0 Å². The number of nitrogens with zero attached hydrogens (tertiary/aromatic N) is 1. The van der Waals surface area contributed by atoms with E-state index in [4.69, 9.17) is 4.74 Å². The van der Waals surface area contributed by atoms with Crippen LogP contribution < -0.4 is 5.32 Å². The van der Waals surface area contributed by atoms with Gasteiger partial charge in [-0.15, -0.1) is 0 Å². The average Bonchev–Trinajstić information content (AvgIpc) is 3.12. The topological polar surface area (TPSA) is 58.6 Å². The molecule has 1 aliphatic heterocycles. The molecule has 1 heterocycles. The zero-order valence-corrected chi connectivity index (χ0v) is 15.9. The molecule has 1 saturated carbocycles. The first-order valence-electron chi connectivity index (χ1n) is 9.81. The molecule has 0 bridgehead atoms. The summed E-state index contributed by atoms with van der Waals surface area (Å²) in [5.74, 6) is 0.741. The van der Waals surface area contributed by atoms with Crippen LogP contribution >= 0.6 is 0 Å². The van der Waals surface area contributed by atoms with Crippen LogP contribution in [-0.4, -0.2) is 42.0 Å². The third-order valence-corrected chi connectivity index (χ3v) is 5.35. The van der Waals surface area contributed by atoms with Gasteiger partial charge >= 0.3 is 0 Å². The van der Waals surface area contributed by atoms with E-state index < -0.39 is 0 Å². The highest BCUT2D eigenvalue weighted by Crippen LogP contribution is 2.27. The summed E-state index contributed by atoms with van der Waals surface area (Å²) in [5.41, 5.74) is 1.71. The van der Waals surface area contributed by atoms with E-state index in [1.165, 1.54) is 25.7 Å². The fourth-order valence-corrected chi connectivity index (χ4v) is 4.04. The van der Waals surface area contributed by atoms with Gasteiger partial charge in [0, 0.05) is 31.6 Å². The van der Waals surface area contributed by atoms with Gasteiger partial charge < -0.3 is 15.0 Å². The summed E-state index contributed by atoms with van der Waals surface area (Å²) in [7, 11) is 0. The van der Waals surface area contributed by atoms with E-state index in [9.17, 15) is 9.59 Å². The van der Waals surface area contributed by atoms with Crippen molar-refractivity contribution in [2.75, 3.05) is 13.1 Å². The molecule has 1 N–H and O–H groups in total. The molecule has 142 valence electrons. The molecule has 26 heavy (non-hydrogen) atoms. The molecule has 1 aliphatic carbocycles. The highest BCUT2D eigenvalue weighted by molar-refractivity contribution is 5.94. The summed E-state index contributed by atoms with van der Waals surface area (Å²) >= 11 is 0. The molecule has 3 rings (SSSR count). The van der Waals surface area contributed by atoms with Crippen LogP contribution in [0.1, 0.15) is 61.9 Å². The molecule has 5 heteroatoms. The van der Waals surface area contributed by atoms with E-state index in [0.717, 1.165) is 5.56 Å². The molecule has 2 fully saturated rings. The number of carbonyl (C=O) groups excluding carboxylic acids is 2. The molecule has 0 unspecified atom stereocenters. The highest BCUT2D eigenvalue weighted by atomic mass is 16.5. The summed E-state index contributed by atoms with van der Waals surface area (Å²) in [4.78, 5) is 26.6. The van der Waals surface area contributed by atoms with Crippen LogP contribution in [0.25, 0.3) is 0 Å². The summed E-state index contributed by atoms with van der Waals surface area (Å²) in [6.45, 7) is 5.76. The molecule has 2 atom stereocenters. The number of carbonyl (C=O) groups is 2. The van der Waals surface area contributed by atoms with Gasteiger partial charge in [-0.25, -0.2) is 0 Å². The number of nitrogens with one attached hydrogen (secondary N) is 1. The number of morpholine rings is 1. The molecule has 0 spiro atoms. The maximum atomic E-state index is 12.7. The minimum Gasteiger partial charge on any atom is -0.372 e. The Bertz CT molecular complexity index is 613. The van der Waals surface area contributed by atoms with Crippen LogP contribution in [0.2, 0.25) is 0 Å². The van der Waals surface area contributed by atoms with Crippen molar-refractivity contribution in [2.24, 2.45) is 5.92 Å². The lowest BCUT2D eigenvalue weighted by Gasteiger charge is -2.35. The molecular weight excluding hydrogens is 328 g/mol. The second-order valence-corrected chi connectivity index (χ2v) is 7.80. The van der Waals surface area contributed by atoms with Crippen molar-refractivity contribution in [1.82, 2.24) is 10.2 Å². The lowest BCUT2D eigenvalue weighted by atomic mass is 10.0. The second-order valence-electron chi connectivity index (χ2n) is 7.80. The summed E-state index contributed by atoms with van der Waals surface area (Å²) < 4.78 is 5.69. The van der Waals surface area contributed by atoms with Gasteiger partial charge in [0.05, 0.1) is 12.2 Å². The van der Waals surface area contributed by atoms with Gasteiger partial charge in [-0.1, -0.05) is 25.0 Å². The second kappa shape index (κ2) is 8.67. The molecule has 0 radical (unpaired) electrons. The van der Waals surface area contributed by atoms with Crippen LogP contribution in [0.15, 0.2) is 24.3 Å². The Balaban J connectivity index is 1.49. The fourth-order valence-electron chi connectivity index (χ4n) is 4.04. The van der Waals surface area contributed by atoms with Crippen LogP contribution in [-0.2, 0) is 16.1 Å². The number of benzene rings is 1. The molecule has 1 aromatic carbocycles. The quantitative estimate of drug-likeness (QED) is 0.880. The highest BCUT2D eigenvalue weighted by Gasteiger charge is 2.26. The maximum absolute atomic E-state index is 12.7. The Morgan fingerprint density at radius 3 is 2.31 bits per heavy atom. The van der Waals surface area contributed by atoms with Gasteiger partial charge in [0.2, 0.25) is 5.91 Å². The van der Waals surface area contributed by atoms with E-state index in [0.29, 0.717) is 37.5 Å². The van der Waals surface area contributed by atoms with Gasteiger partial charge in [0.1, 0.15) is 0 Å². The number of amides is 2. The monoisotopic (exact) mass is 358 g/mol. The molecule has 5 nitrogen and oxygen atoms in total.